The van der Waals surface area contributed by atoms with Crippen LogP contribution in [0.25, 0.3) is 0 Å². The Morgan fingerprint density at radius 3 is 2.39 bits per heavy atom. The molecule has 2 nitrogen and oxygen atoms in total. The predicted octanol–water partition coefficient (Wildman–Crippen LogP) is 3.91. The summed E-state index contributed by atoms with van der Waals surface area (Å²) in [7, 11) is 0. The lowest BCUT2D eigenvalue weighted by Crippen LogP contribution is -2.14. The van der Waals surface area contributed by atoms with Crippen molar-refractivity contribution >= 4 is 17.6 Å². The van der Waals surface area contributed by atoms with Crippen LogP contribution in [0.5, 0.6) is 0 Å². The lowest BCUT2D eigenvalue weighted by Gasteiger charge is -2.22. The number of hydrogen-bond acceptors (Lipinski definition) is 2. The fourth-order valence-corrected chi connectivity index (χ4v) is 3.07. The van der Waals surface area contributed by atoms with Gasteiger partial charge in [0.05, 0.1) is 6.21 Å². The van der Waals surface area contributed by atoms with Gasteiger partial charge in [0.2, 0.25) is 0 Å². The van der Waals surface area contributed by atoms with E-state index in [-0.39, 0.29) is 0 Å². The van der Waals surface area contributed by atoms with Gasteiger partial charge in [0.25, 0.3) is 0 Å². The highest BCUT2D eigenvalue weighted by Crippen LogP contribution is 2.27. The normalized spacial score (nSPS) is 26.4. The van der Waals surface area contributed by atoms with E-state index in [0.29, 0.717) is 5.92 Å². The van der Waals surface area contributed by atoms with Crippen molar-refractivity contribution in [1.29, 1.82) is 0 Å². The monoisotopic (exact) mass is 263 g/mol. The molecule has 0 bridgehead atoms. The second-order valence-electron chi connectivity index (χ2n) is 5.34. The van der Waals surface area contributed by atoms with E-state index in [1.165, 1.54) is 31.2 Å². The van der Waals surface area contributed by atoms with Crippen molar-refractivity contribution in [2.45, 2.75) is 44.4 Å². The molecule has 0 amide bonds. The molecule has 1 aliphatic carbocycles. The lowest BCUT2D eigenvalue weighted by molar-refractivity contribution is 0.347. The molecule has 0 spiro atoms. The molecule has 1 atom stereocenters. The van der Waals surface area contributed by atoms with Crippen molar-refractivity contribution < 1.29 is 4.55 Å². The van der Waals surface area contributed by atoms with Gasteiger partial charge < -0.3 is 4.55 Å². The van der Waals surface area contributed by atoms with Gasteiger partial charge in [0, 0.05) is 0 Å². The maximum absolute atomic E-state index is 12.0. The van der Waals surface area contributed by atoms with Crippen LogP contribution in [0.4, 0.5) is 0 Å². The van der Waals surface area contributed by atoms with Crippen LogP contribution in [0.15, 0.2) is 33.6 Å². The summed E-state index contributed by atoms with van der Waals surface area (Å²) >= 11 is -1.23. The third kappa shape index (κ3) is 3.85. The van der Waals surface area contributed by atoms with E-state index >= 15 is 0 Å². The van der Waals surface area contributed by atoms with Crippen molar-refractivity contribution in [2.75, 3.05) is 0 Å². The van der Waals surface area contributed by atoms with E-state index in [1.54, 1.807) is 0 Å². The maximum atomic E-state index is 12.0. The van der Waals surface area contributed by atoms with Gasteiger partial charge in [0.1, 0.15) is 11.4 Å². The Hall–Kier alpha value is -0.800. The Morgan fingerprint density at radius 1 is 1.17 bits per heavy atom. The molecule has 3 heteroatoms. The van der Waals surface area contributed by atoms with Crippen LogP contribution in [0.2, 0.25) is 0 Å². The Balaban J connectivity index is 1.90. The predicted molar refractivity (Wildman–Crippen MR) is 77.2 cm³/mol. The Bertz CT molecular complexity index is 393. The van der Waals surface area contributed by atoms with E-state index in [1.807, 2.05) is 37.4 Å². The topological polar surface area (TPSA) is 35.4 Å². The largest absolute Gasteiger partial charge is 0.586 e. The first-order chi connectivity index (χ1) is 8.65. The minimum atomic E-state index is -1.23. The minimum Gasteiger partial charge on any atom is -0.586 e. The summed E-state index contributed by atoms with van der Waals surface area (Å²) in [6.45, 7) is 4.33. The highest BCUT2D eigenvalue weighted by molar-refractivity contribution is 7.90. The van der Waals surface area contributed by atoms with Crippen molar-refractivity contribution in [1.82, 2.24) is 0 Å². The molecule has 0 saturated heterocycles. The van der Waals surface area contributed by atoms with Gasteiger partial charge in [-0.3, -0.25) is 0 Å². The van der Waals surface area contributed by atoms with Crippen molar-refractivity contribution in [2.24, 2.45) is 16.2 Å². The number of nitrogens with zero attached hydrogens (tertiary/aromatic N) is 1. The average molecular weight is 263 g/mol. The summed E-state index contributed by atoms with van der Waals surface area (Å²) in [4.78, 5) is 0.793. The Kier molecular flexibility index (Phi) is 4.84. The number of hydrogen-bond donors (Lipinski definition) is 0. The minimum absolute atomic E-state index is 0.524. The molecule has 1 aliphatic rings. The first kappa shape index (κ1) is 13.6. The SMILES string of the molecule is Cc1ccc([S@+]([O-])/N=C/[C@H]2CC[C@H](C)CC2)cc1. The summed E-state index contributed by atoms with van der Waals surface area (Å²) in [5.41, 5.74) is 1.18. The van der Waals surface area contributed by atoms with Gasteiger partial charge in [-0.25, -0.2) is 0 Å². The third-order valence-electron chi connectivity index (χ3n) is 3.65. The molecule has 1 aromatic rings. The van der Waals surface area contributed by atoms with Gasteiger partial charge in [0.15, 0.2) is 4.90 Å². The third-order valence-corrected chi connectivity index (χ3v) is 4.64. The van der Waals surface area contributed by atoms with Crippen molar-refractivity contribution in [3.8, 4) is 0 Å². The van der Waals surface area contributed by atoms with Gasteiger partial charge in [-0.1, -0.05) is 41.9 Å². The zero-order chi connectivity index (χ0) is 13.0. The van der Waals surface area contributed by atoms with Crippen LogP contribution in [0.1, 0.15) is 38.2 Å². The summed E-state index contributed by atoms with van der Waals surface area (Å²) in [5, 5.41) is 0. The number of aryl methyl sites for hydroxylation is 1. The lowest BCUT2D eigenvalue weighted by atomic mass is 9.84. The molecular weight excluding hydrogens is 242 g/mol. The highest BCUT2D eigenvalue weighted by atomic mass is 32.2. The molecule has 18 heavy (non-hydrogen) atoms. The van der Waals surface area contributed by atoms with Gasteiger partial charge >= 0.3 is 0 Å². The van der Waals surface area contributed by atoms with Crippen molar-refractivity contribution in [3.63, 3.8) is 0 Å². The molecule has 0 radical (unpaired) electrons. The van der Waals surface area contributed by atoms with Crippen LogP contribution < -0.4 is 0 Å². The zero-order valence-electron chi connectivity index (χ0n) is 11.1. The Labute approximate surface area is 113 Å². The fourth-order valence-electron chi connectivity index (χ4n) is 2.29. The van der Waals surface area contributed by atoms with Gasteiger partial charge in [-0.2, -0.15) is 0 Å². The standard InChI is InChI=1S/C15H21NOS/c1-12-3-7-14(8-4-12)11-16-18(17)15-9-5-13(2)6-10-15/h5-6,9-12,14H,3-4,7-8H2,1-2H3/b16-11+/t12-,14-,18-/m0/s1. The first-order valence-corrected chi connectivity index (χ1v) is 7.78. The Morgan fingerprint density at radius 2 is 1.78 bits per heavy atom. The van der Waals surface area contributed by atoms with E-state index in [9.17, 15) is 4.55 Å². The fraction of sp³-hybridized carbons (Fsp3) is 0.533. The molecule has 0 aliphatic heterocycles. The highest BCUT2D eigenvalue weighted by Gasteiger charge is 2.18. The molecule has 2 rings (SSSR count). The molecule has 0 aromatic heterocycles. The van der Waals surface area contributed by atoms with E-state index < -0.39 is 11.4 Å². The van der Waals surface area contributed by atoms with Crippen molar-refractivity contribution in [3.05, 3.63) is 29.8 Å². The molecule has 0 N–H and O–H groups in total. The second kappa shape index (κ2) is 6.39. The maximum Gasteiger partial charge on any atom is 0.182 e. The first-order valence-electron chi connectivity index (χ1n) is 6.68. The van der Waals surface area contributed by atoms with E-state index in [0.717, 1.165) is 10.8 Å². The van der Waals surface area contributed by atoms with Crippen LogP contribution in [-0.4, -0.2) is 10.8 Å². The van der Waals surface area contributed by atoms with Crippen LogP contribution >= 0.6 is 0 Å². The van der Waals surface area contributed by atoms with Crippen LogP contribution in [-0.2, 0) is 11.4 Å². The zero-order valence-corrected chi connectivity index (χ0v) is 12.0. The van der Waals surface area contributed by atoms with E-state index in [4.69, 9.17) is 0 Å². The molecule has 1 fully saturated rings. The molecule has 98 valence electrons. The molecule has 1 aromatic carbocycles. The van der Waals surface area contributed by atoms with Crippen LogP contribution in [0.3, 0.4) is 0 Å². The summed E-state index contributed by atoms with van der Waals surface area (Å²) < 4.78 is 16.2. The van der Waals surface area contributed by atoms with E-state index in [2.05, 4.69) is 11.3 Å². The quantitative estimate of drug-likeness (QED) is 0.601. The molecule has 0 heterocycles. The van der Waals surface area contributed by atoms with Gasteiger partial charge in [-0.05, 0) is 43.7 Å². The summed E-state index contributed by atoms with van der Waals surface area (Å²) in [5.74, 6) is 1.37. The molecule has 0 unspecified atom stereocenters. The number of rotatable bonds is 3. The summed E-state index contributed by atoms with van der Waals surface area (Å²) in [6.07, 6.45) is 6.84. The van der Waals surface area contributed by atoms with Crippen LogP contribution in [0, 0.1) is 18.8 Å². The number of benzene rings is 1. The smallest absolute Gasteiger partial charge is 0.182 e. The average Bonchev–Trinajstić information content (AvgIpc) is 2.38. The molecule has 1 saturated carbocycles. The van der Waals surface area contributed by atoms with Gasteiger partial charge in [-0.15, -0.1) is 0 Å². The second-order valence-corrected chi connectivity index (χ2v) is 6.52. The summed E-state index contributed by atoms with van der Waals surface area (Å²) in [6, 6.07) is 7.74. The molecular formula is C15H21NOS.